The molecule has 0 radical (unpaired) electrons. The van der Waals surface area contributed by atoms with Gasteiger partial charge in [-0.2, -0.15) is 0 Å². The van der Waals surface area contributed by atoms with Crippen molar-refractivity contribution in [2.24, 2.45) is 0 Å². The van der Waals surface area contributed by atoms with Crippen LogP contribution >= 0.6 is 15.9 Å². The molecule has 1 N–H and O–H groups in total. The lowest BCUT2D eigenvalue weighted by atomic mass is 9.91. The highest BCUT2D eigenvalue weighted by Crippen LogP contribution is 2.25. The minimum atomic E-state index is -0.755. The molecule has 21 heavy (non-hydrogen) atoms. The van der Waals surface area contributed by atoms with Crippen LogP contribution in [0.15, 0.2) is 28.7 Å². The molecule has 1 saturated heterocycles. The van der Waals surface area contributed by atoms with Crippen molar-refractivity contribution in [1.29, 1.82) is 0 Å². The van der Waals surface area contributed by atoms with E-state index in [1.807, 2.05) is 38.1 Å². The van der Waals surface area contributed by atoms with Crippen molar-refractivity contribution in [3.05, 3.63) is 34.3 Å². The molecule has 0 bridgehead atoms. The van der Waals surface area contributed by atoms with Crippen LogP contribution in [-0.4, -0.2) is 28.8 Å². The zero-order valence-corrected chi connectivity index (χ0v) is 14.1. The molecular formula is C16H21BrN2O2. The molecule has 0 atom stereocenters. The second-order valence-electron chi connectivity index (χ2n) is 5.41. The maximum atomic E-state index is 12.9. The number of halogens is 1. The monoisotopic (exact) mass is 352 g/mol. The van der Waals surface area contributed by atoms with Crippen LogP contribution < -0.4 is 5.32 Å². The van der Waals surface area contributed by atoms with Crippen LogP contribution in [0.25, 0.3) is 0 Å². The molecule has 0 unspecified atom stereocenters. The molecule has 1 aliphatic heterocycles. The summed E-state index contributed by atoms with van der Waals surface area (Å²) in [6, 6.07) is 7.87. The molecular weight excluding hydrogens is 332 g/mol. The standard InChI is InChI=1S/C16H21BrN2O2/c1-3-16(4-2)15(21)19(10-9-14(20)18-16)11-12-7-5-6-8-13(12)17/h5-8H,3-4,9-11H2,1-2H3,(H,18,20). The average Bonchev–Trinajstić information content (AvgIpc) is 2.61. The molecule has 5 heteroatoms. The van der Waals surface area contributed by atoms with E-state index in [2.05, 4.69) is 21.2 Å². The Hall–Kier alpha value is -1.36. The third kappa shape index (κ3) is 3.28. The molecule has 2 rings (SSSR count). The van der Waals surface area contributed by atoms with Gasteiger partial charge in [0.15, 0.2) is 0 Å². The van der Waals surface area contributed by atoms with Gasteiger partial charge in [-0.3, -0.25) is 9.59 Å². The van der Waals surface area contributed by atoms with Gasteiger partial charge in [0.1, 0.15) is 5.54 Å². The van der Waals surface area contributed by atoms with E-state index < -0.39 is 5.54 Å². The number of nitrogens with zero attached hydrogens (tertiary/aromatic N) is 1. The van der Waals surface area contributed by atoms with Crippen LogP contribution in [0.3, 0.4) is 0 Å². The molecule has 1 aliphatic rings. The van der Waals surface area contributed by atoms with Crippen molar-refractivity contribution >= 4 is 27.7 Å². The number of carbonyl (C=O) groups excluding carboxylic acids is 2. The van der Waals surface area contributed by atoms with Gasteiger partial charge in [0.2, 0.25) is 11.8 Å². The van der Waals surface area contributed by atoms with Gasteiger partial charge in [0.05, 0.1) is 0 Å². The molecule has 0 spiro atoms. The Kier molecular flexibility index (Phi) is 5.04. The van der Waals surface area contributed by atoms with Gasteiger partial charge < -0.3 is 10.2 Å². The predicted molar refractivity (Wildman–Crippen MR) is 85.6 cm³/mol. The summed E-state index contributed by atoms with van der Waals surface area (Å²) in [6.45, 7) is 4.89. The normalized spacial score (nSPS) is 18.3. The predicted octanol–water partition coefficient (Wildman–Crippen LogP) is 2.86. The van der Waals surface area contributed by atoms with Crippen molar-refractivity contribution in [1.82, 2.24) is 10.2 Å². The fraction of sp³-hybridized carbons (Fsp3) is 0.500. The minimum absolute atomic E-state index is 0.0223. The van der Waals surface area contributed by atoms with Crippen molar-refractivity contribution in [2.45, 2.75) is 45.2 Å². The third-order valence-electron chi connectivity index (χ3n) is 4.21. The van der Waals surface area contributed by atoms with E-state index in [1.165, 1.54) is 0 Å². The Bertz CT molecular complexity index is 541. The summed E-state index contributed by atoms with van der Waals surface area (Å²) >= 11 is 3.52. The fourth-order valence-corrected chi connectivity index (χ4v) is 3.15. The lowest BCUT2D eigenvalue weighted by Crippen LogP contribution is -2.56. The first-order valence-electron chi connectivity index (χ1n) is 7.36. The lowest BCUT2D eigenvalue weighted by molar-refractivity contribution is -0.139. The summed E-state index contributed by atoms with van der Waals surface area (Å²) in [6.07, 6.45) is 1.58. The summed E-state index contributed by atoms with van der Waals surface area (Å²) in [5, 5.41) is 2.93. The summed E-state index contributed by atoms with van der Waals surface area (Å²) in [5.74, 6) is -0.0178. The van der Waals surface area contributed by atoms with Gasteiger partial charge in [-0.25, -0.2) is 0 Å². The van der Waals surface area contributed by atoms with E-state index in [0.717, 1.165) is 10.0 Å². The average molecular weight is 353 g/mol. The fourth-order valence-electron chi connectivity index (χ4n) is 2.74. The molecule has 1 aromatic rings. The maximum Gasteiger partial charge on any atom is 0.248 e. The summed E-state index contributed by atoms with van der Waals surface area (Å²) < 4.78 is 0.986. The molecule has 1 aromatic carbocycles. The highest BCUT2D eigenvalue weighted by Gasteiger charge is 2.41. The summed E-state index contributed by atoms with van der Waals surface area (Å²) in [5.41, 5.74) is 0.302. The van der Waals surface area contributed by atoms with E-state index in [1.54, 1.807) is 4.90 Å². The Morgan fingerprint density at radius 3 is 2.52 bits per heavy atom. The largest absolute Gasteiger partial charge is 0.342 e. The van der Waals surface area contributed by atoms with E-state index in [-0.39, 0.29) is 11.8 Å². The van der Waals surface area contributed by atoms with Crippen LogP contribution in [0.5, 0.6) is 0 Å². The molecule has 1 heterocycles. The van der Waals surface area contributed by atoms with Crippen LogP contribution in [-0.2, 0) is 16.1 Å². The third-order valence-corrected chi connectivity index (χ3v) is 4.98. The lowest BCUT2D eigenvalue weighted by Gasteiger charge is -2.33. The molecule has 2 amide bonds. The Labute approximate surface area is 134 Å². The topological polar surface area (TPSA) is 49.4 Å². The summed E-state index contributed by atoms with van der Waals surface area (Å²) in [7, 11) is 0. The van der Waals surface area contributed by atoms with Gasteiger partial charge >= 0.3 is 0 Å². The first-order chi connectivity index (χ1) is 10.0. The number of nitrogens with one attached hydrogen (secondary N) is 1. The smallest absolute Gasteiger partial charge is 0.248 e. The number of benzene rings is 1. The van der Waals surface area contributed by atoms with Gasteiger partial charge in [0, 0.05) is 24.0 Å². The van der Waals surface area contributed by atoms with Crippen LogP contribution in [0.4, 0.5) is 0 Å². The number of carbonyl (C=O) groups is 2. The van der Waals surface area contributed by atoms with E-state index >= 15 is 0 Å². The number of hydrogen-bond acceptors (Lipinski definition) is 2. The number of hydrogen-bond donors (Lipinski definition) is 1. The molecule has 0 aromatic heterocycles. The first-order valence-corrected chi connectivity index (χ1v) is 8.15. The molecule has 114 valence electrons. The van der Waals surface area contributed by atoms with E-state index in [4.69, 9.17) is 0 Å². The van der Waals surface area contributed by atoms with Crippen molar-refractivity contribution < 1.29 is 9.59 Å². The van der Waals surface area contributed by atoms with Crippen LogP contribution in [0.1, 0.15) is 38.7 Å². The van der Waals surface area contributed by atoms with Crippen molar-refractivity contribution in [3.8, 4) is 0 Å². The Balaban J connectivity index is 2.28. The molecule has 0 aliphatic carbocycles. The zero-order valence-electron chi connectivity index (χ0n) is 12.5. The summed E-state index contributed by atoms with van der Waals surface area (Å²) in [4.78, 5) is 26.6. The zero-order chi connectivity index (χ0) is 15.5. The van der Waals surface area contributed by atoms with Gasteiger partial charge in [-0.05, 0) is 24.5 Å². The quantitative estimate of drug-likeness (QED) is 0.905. The molecule has 1 fully saturated rings. The highest BCUT2D eigenvalue weighted by molar-refractivity contribution is 9.10. The number of amides is 2. The van der Waals surface area contributed by atoms with E-state index in [0.29, 0.717) is 32.4 Å². The van der Waals surface area contributed by atoms with Crippen molar-refractivity contribution in [2.75, 3.05) is 6.54 Å². The first kappa shape index (κ1) is 16.0. The second-order valence-corrected chi connectivity index (χ2v) is 6.26. The maximum absolute atomic E-state index is 12.9. The van der Waals surface area contributed by atoms with Crippen LogP contribution in [0, 0.1) is 0 Å². The van der Waals surface area contributed by atoms with Gasteiger partial charge in [-0.15, -0.1) is 0 Å². The molecule has 4 nitrogen and oxygen atoms in total. The van der Waals surface area contributed by atoms with Gasteiger partial charge in [0.25, 0.3) is 0 Å². The molecule has 0 saturated carbocycles. The Morgan fingerprint density at radius 2 is 1.90 bits per heavy atom. The Morgan fingerprint density at radius 1 is 1.24 bits per heavy atom. The van der Waals surface area contributed by atoms with Crippen LogP contribution in [0.2, 0.25) is 0 Å². The van der Waals surface area contributed by atoms with Crippen molar-refractivity contribution in [3.63, 3.8) is 0 Å². The minimum Gasteiger partial charge on any atom is -0.342 e. The highest BCUT2D eigenvalue weighted by atomic mass is 79.9. The van der Waals surface area contributed by atoms with E-state index in [9.17, 15) is 9.59 Å². The second kappa shape index (κ2) is 6.60. The SMILES string of the molecule is CCC1(CC)NC(=O)CCN(Cc2ccccc2Br)C1=O. The van der Waals surface area contributed by atoms with Gasteiger partial charge in [-0.1, -0.05) is 48.0 Å². The number of rotatable bonds is 4.